The fourth-order valence-corrected chi connectivity index (χ4v) is 0.966. The molecular formula is C12H17FO. The Hall–Kier alpha value is -1.15. The van der Waals surface area contributed by atoms with Gasteiger partial charge in [0.05, 0.1) is 6.10 Å². The maximum atomic E-state index is 12.7. The Morgan fingerprint density at radius 2 is 2.00 bits per heavy atom. The first kappa shape index (κ1) is 12.8. The third kappa shape index (κ3) is 4.77. The molecule has 0 aliphatic rings. The van der Waals surface area contributed by atoms with E-state index in [1.54, 1.807) is 32.1 Å². The molecule has 0 aliphatic heterocycles. The summed E-state index contributed by atoms with van der Waals surface area (Å²) in [6.45, 7) is 6.96. The van der Waals surface area contributed by atoms with Crippen molar-refractivity contribution in [2.75, 3.05) is 0 Å². The molecule has 0 amide bonds. The summed E-state index contributed by atoms with van der Waals surface area (Å²) >= 11 is 0. The Balaban J connectivity index is 4.45. The number of rotatable bonds is 5. The third-order valence-corrected chi connectivity index (χ3v) is 1.82. The number of aliphatic hydroxyl groups is 1. The van der Waals surface area contributed by atoms with Crippen LogP contribution in [0.4, 0.5) is 4.39 Å². The van der Waals surface area contributed by atoms with Gasteiger partial charge in [-0.25, -0.2) is 4.39 Å². The van der Waals surface area contributed by atoms with Gasteiger partial charge in [-0.1, -0.05) is 24.3 Å². The van der Waals surface area contributed by atoms with Gasteiger partial charge in [-0.05, 0) is 31.9 Å². The summed E-state index contributed by atoms with van der Waals surface area (Å²) in [7, 11) is 0. The van der Waals surface area contributed by atoms with Crippen LogP contribution in [-0.2, 0) is 0 Å². The molecule has 0 spiro atoms. The summed E-state index contributed by atoms with van der Waals surface area (Å²) in [5, 5.41) is 9.56. The Morgan fingerprint density at radius 3 is 2.43 bits per heavy atom. The van der Waals surface area contributed by atoms with E-state index in [1.807, 2.05) is 0 Å². The first-order valence-corrected chi connectivity index (χ1v) is 4.60. The zero-order valence-electron chi connectivity index (χ0n) is 8.70. The van der Waals surface area contributed by atoms with E-state index in [-0.39, 0.29) is 5.83 Å². The van der Waals surface area contributed by atoms with Crippen LogP contribution in [0.15, 0.2) is 48.4 Å². The van der Waals surface area contributed by atoms with E-state index in [1.165, 1.54) is 12.2 Å². The highest BCUT2D eigenvalue weighted by molar-refractivity contribution is 5.27. The van der Waals surface area contributed by atoms with E-state index >= 15 is 0 Å². The van der Waals surface area contributed by atoms with Crippen LogP contribution in [0.3, 0.4) is 0 Å². The zero-order valence-corrected chi connectivity index (χ0v) is 8.70. The van der Waals surface area contributed by atoms with Crippen molar-refractivity contribution in [3.63, 3.8) is 0 Å². The highest BCUT2D eigenvalue weighted by Crippen LogP contribution is 2.10. The van der Waals surface area contributed by atoms with Gasteiger partial charge in [0.15, 0.2) is 0 Å². The first-order valence-electron chi connectivity index (χ1n) is 4.60. The number of hydrogen-bond acceptors (Lipinski definition) is 1. The van der Waals surface area contributed by atoms with Crippen LogP contribution < -0.4 is 0 Å². The average molecular weight is 196 g/mol. The Kier molecular flexibility index (Phi) is 6.68. The molecule has 0 rings (SSSR count). The van der Waals surface area contributed by atoms with Gasteiger partial charge in [-0.15, -0.1) is 6.58 Å². The Bertz CT molecular complexity index is 261. The standard InChI is InChI=1S/C12H17FO/c1-4-7-12(14)10(5-2)8-9-11(13)6-3/h4-6,8-9,12,14H,1,7H2,2-3H3/b9-8-,10-5+,11-6+. The summed E-state index contributed by atoms with van der Waals surface area (Å²) in [6.07, 6.45) is 7.54. The molecule has 0 saturated carbocycles. The van der Waals surface area contributed by atoms with Crippen LogP contribution in [0.2, 0.25) is 0 Å². The minimum Gasteiger partial charge on any atom is -0.388 e. The van der Waals surface area contributed by atoms with E-state index in [2.05, 4.69) is 6.58 Å². The van der Waals surface area contributed by atoms with E-state index in [9.17, 15) is 9.50 Å². The fourth-order valence-electron chi connectivity index (χ4n) is 0.966. The minimum atomic E-state index is -0.599. The van der Waals surface area contributed by atoms with Crippen LogP contribution in [0.1, 0.15) is 20.3 Å². The van der Waals surface area contributed by atoms with Gasteiger partial charge in [-0.3, -0.25) is 0 Å². The topological polar surface area (TPSA) is 20.2 Å². The number of halogens is 1. The van der Waals surface area contributed by atoms with E-state index in [4.69, 9.17) is 0 Å². The lowest BCUT2D eigenvalue weighted by molar-refractivity contribution is 0.218. The smallest absolute Gasteiger partial charge is 0.118 e. The van der Waals surface area contributed by atoms with Gasteiger partial charge in [0.2, 0.25) is 0 Å². The van der Waals surface area contributed by atoms with Gasteiger partial charge < -0.3 is 5.11 Å². The Labute approximate surface area is 85.0 Å². The van der Waals surface area contributed by atoms with Gasteiger partial charge in [0, 0.05) is 0 Å². The second-order valence-corrected chi connectivity index (χ2v) is 2.84. The molecule has 0 fully saturated rings. The van der Waals surface area contributed by atoms with Crippen molar-refractivity contribution in [1.82, 2.24) is 0 Å². The van der Waals surface area contributed by atoms with Crippen molar-refractivity contribution in [2.24, 2.45) is 0 Å². The van der Waals surface area contributed by atoms with Crippen LogP contribution in [0, 0.1) is 0 Å². The normalized spacial score (nSPS) is 16.0. The largest absolute Gasteiger partial charge is 0.388 e. The maximum absolute atomic E-state index is 12.7. The van der Waals surface area contributed by atoms with Crippen molar-refractivity contribution >= 4 is 0 Å². The number of aliphatic hydroxyl groups excluding tert-OH is 1. The SMILES string of the molecule is C=CCC(O)C(/C=C\C(F)=C/C)=C/C. The molecule has 0 radical (unpaired) electrons. The molecule has 0 aromatic rings. The van der Waals surface area contributed by atoms with Crippen molar-refractivity contribution in [2.45, 2.75) is 26.4 Å². The lowest BCUT2D eigenvalue weighted by Gasteiger charge is -2.08. The summed E-state index contributed by atoms with van der Waals surface area (Å²) in [6, 6.07) is 0. The number of allylic oxidation sites excluding steroid dienone is 4. The first-order chi connectivity index (χ1) is 6.65. The molecular weight excluding hydrogens is 179 g/mol. The molecule has 1 unspecified atom stereocenters. The molecule has 78 valence electrons. The van der Waals surface area contributed by atoms with Crippen LogP contribution >= 0.6 is 0 Å². The van der Waals surface area contributed by atoms with Crippen molar-refractivity contribution < 1.29 is 9.50 Å². The molecule has 0 saturated heterocycles. The molecule has 0 aromatic carbocycles. The second kappa shape index (κ2) is 7.27. The summed E-state index contributed by atoms with van der Waals surface area (Å²) in [4.78, 5) is 0. The number of hydrogen-bond donors (Lipinski definition) is 1. The molecule has 1 atom stereocenters. The molecule has 1 nitrogen and oxygen atoms in total. The summed E-state index contributed by atoms with van der Waals surface area (Å²) < 4.78 is 12.7. The van der Waals surface area contributed by atoms with E-state index in [0.717, 1.165) is 0 Å². The van der Waals surface area contributed by atoms with Gasteiger partial charge in [0.1, 0.15) is 5.83 Å². The molecule has 0 aliphatic carbocycles. The van der Waals surface area contributed by atoms with Crippen LogP contribution in [-0.4, -0.2) is 11.2 Å². The van der Waals surface area contributed by atoms with E-state index in [0.29, 0.717) is 12.0 Å². The summed E-state index contributed by atoms with van der Waals surface area (Å²) in [5.41, 5.74) is 0.696. The predicted molar refractivity (Wildman–Crippen MR) is 58.6 cm³/mol. The van der Waals surface area contributed by atoms with Crippen molar-refractivity contribution in [3.05, 3.63) is 48.4 Å². The van der Waals surface area contributed by atoms with Crippen molar-refractivity contribution in [3.8, 4) is 0 Å². The van der Waals surface area contributed by atoms with Crippen molar-refractivity contribution in [1.29, 1.82) is 0 Å². The third-order valence-electron chi connectivity index (χ3n) is 1.82. The minimum absolute atomic E-state index is 0.310. The highest BCUT2D eigenvalue weighted by atomic mass is 19.1. The van der Waals surface area contributed by atoms with Gasteiger partial charge >= 0.3 is 0 Å². The quantitative estimate of drug-likeness (QED) is 0.528. The molecule has 0 heterocycles. The highest BCUT2D eigenvalue weighted by Gasteiger charge is 2.04. The monoisotopic (exact) mass is 196 g/mol. The van der Waals surface area contributed by atoms with Crippen LogP contribution in [0.5, 0.6) is 0 Å². The zero-order chi connectivity index (χ0) is 11.0. The molecule has 2 heteroatoms. The molecule has 14 heavy (non-hydrogen) atoms. The van der Waals surface area contributed by atoms with Gasteiger partial charge in [-0.2, -0.15) is 0 Å². The summed E-state index contributed by atoms with van der Waals surface area (Å²) in [5.74, 6) is -0.310. The Morgan fingerprint density at radius 1 is 1.36 bits per heavy atom. The van der Waals surface area contributed by atoms with E-state index < -0.39 is 6.10 Å². The van der Waals surface area contributed by atoms with Crippen LogP contribution in [0.25, 0.3) is 0 Å². The second-order valence-electron chi connectivity index (χ2n) is 2.84. The molecule has 1 N–H and O–H groups in total. The fraction of sp³-hybridized carbons (Fsp3) is 0.333. The predicted octanol–water partition coefficient (Wildman–Crippen LogP) is 3.30. The molecule has 0 aromatic heterocycles. The lowest BCUT2D eigenvalue weighted by atomic mass is 10.1. The maximum Gasteiger partial charge on any atom is 0.118 e. The van der Waals surface area contributed by atoms with Gasteiger partial charge in [0.25, 0.3) is 0 Å². The average Bonchev–Trinajstić information content (AvgIpc) is 2.18. The lowest BCUT2D eigenvalue weighted by Crippen LogP contribution is -2.06. The molecule has 0 bridgehead atoms.